The number of carbonyl (C=O) groups excluding carboxylic acids is 1. The lowest BCUT2D eigenvalue weighted by Crippen LogP contribution is -2.14. The topological polar surface area (TPSA) is 109 Å². The average Bonchev–Trinajstić information content (AvgIpc) is 3.00. The number of hydrogen-bond donors (Lipinski definition) is 1. The number of ether oxygens (including phenoxy) is 2. The highest BCUT2D eigenvalue weighted by molar-refractivity contribution is 14.1. The molecule has 0 aliphatic carbocycles. The van der Waals surface area contributed by atoms with E-state index >= 15 is 0 Å². The van der Waals surface area contributed by atoms with Gasteiger partial charge in [-0.05, 0) is 34.7 Å². The molecule has 3 rings (SSSR count). The first-order valence-electron chi connectivity index (χ1n) is 7.98. The Morgan fingerprint density at radius 1 is 1.25 bits per heavy atom. The Kier molecular flexibility index (Phi) is 5.78. The lowest BCUT2D eigenvalue weighted by Gasteiger charge is -2.11. The molecule has 144 valence electrons. The Balaban J connectivity index is 1.92. The number of benzene rings is 2. The van der Waals surface area contributed by atoms with Crippen molar-refractivity contribution in [3.8, 4) is 17.2 Å². The molecule has 1 heterocycles. The number of rotatable bonds is 6. The zero-order valence-corrected chi connectivity index (χ0v) is 17.0. The number of non-ortho nitro benzene ring substituents is 1. The number of halogens is 1. The Bertz CT molecular complexity index is 1050. The van der Waals surface area contributed by atoms with Gasteiger partial charge in [0.15, 0.2) is 17.2 Å². The third-order valence-electron chi connectivity index (χ3n) is 3.66. The summed E-state index contributed by atoms with van der Waals surface area (Å²) >= 11 is 2.00. The second-order valence-corrected chi connectivity index (χ2v) is 6.84. The molecular formula is C18H15IN4O5. The number of aryl methyl sites for hydroxylation is 1. The zero-order valence-electron chi connectivity index (χ0n) is 14.9. The highest BCUT2D eigenvalue weighted by atomic mass is 127. The zero-order chi connectivity index (χ0) is 20.3. The molecule has 0 fully saturated rings. The molecule has 1 aromatic heterocycles. The molecular weight excluding hydrogens is 479 g/mol. The molecule has 0 atom stereocenters. The number of nitro benzene ring substituents is 1. The molecule has 9 nitrogen and oxygen atoms in total. The van der Waals surface area contributed by atoms with Crippen molar-refractivity contribution >= 4 is 39.9 Å². The van der Waals surface area contributed by atoms with Gasteiger partial charge in [0.05, 0.1) is 27.4 Å². The van der Waals surface area contributed by atoms with Crippen molar-refractivity contribution in [1.82, 2.24) is 9.78 Å². The van der Waals surface area contributed by atoms with E-state index in [1.54, 1.807) is 37.5 Å². The average molecular weight is 494 g/mol. The van der Waals surface area contributed by atoms with Crippen LogP contribution in [0.15, 0.2) is 48.7 Å². The number of anilines is 1. The molecule has 0 saturated carbocycles. The number of para-hydroxylation sites is 2. The Morgan fingerprint density at radius 2 is 1.96 bits per heavy atom. The Labute approximate surface area is 173 Å². The smallest absolute Gasteiger partial charge is 0.277 e. The second kappa shape index (κ2) is 8.25. The van der Waals surface area contributed by atoms with Gasteiger partial charge in [-0.15, -0.1) is 0 Å². The van der Waals surface area contributed by atoms with Gasteiger partial charge >= 0.3 is 0 Å². The van der Waals surface area contributed by atoms with E-state index in [9.17, 15) is 14.9 Å². The van der Waals surface area contributed by atoms with Crippen LogP contribution in [0.1, 0.15) is 10.5 Å². The van der Waals surface area contributed by atoms with Crippen LogP contribution in [0.3, 0.4) is 0 Å². The maximum Gasteiger partial charge on any atom is 0.277 e. The fraction of sp³-hybridized carbons (Fsp3) is 0.111. The van der Waals surface area contributed by atoms with E-state index < -0.39 is 10.8 Å². The lowest BCUT2D eigenvalue weighted by atomic mass is 10.2. The minimum absolute atomic E-state index is 0.185. The normalized spacial score (nSPS) is 10.4. The summed E-state index contributed by atoms with van der Waals surface area (Å²) in [6.07, 6.45) is 1.69. The van der Waals surface area contributed by atoms with Crippen molar-refractivity contribution in [1.29, 1.82) is 0 Å². The maximum atomic E-state index is 12.5. The number of carbonyl (C=O) groups is 1. The molecule has 1 N–H and O–H groups in total. The van der Waals surface area contributed by atoms with E-state index in [2.05, 4.69) is 10.4 Å². The first-order valence-corrected chi connectivity index (χ1v) is 9.06. The summed E-state index contributed by atoms with van der Waals surface area (Å²) < 4.78 is 13.1. The van der Waals surface area contributed by atoms with Crippen LogP contribution in [0, 0.1) is 13.7 Å². The van der Waals surface area contributed by atoms with Crippen molar-refractivity contribution < 1.29 is 19.2 Å². The van der Waals surface area contributed by atoms with Gasteiger partial charge in [0.2, 0.25) is 0 Å². The van der Waals surface area contributed by atoms with Crippen LogP contribution >= 0.6 is 22.6 Å². The summed E-state index contributed by atoms with van der Waals surface area (Å²) in [4.78, 5) is 23.2. The highest BCUT2D eigenvalue weighted by Crippen LogP contribution is 2.34. The van der Waals surface area contributed by atoms with Crippen LogP contribution in [0.4, 0.5) is 11.4 Å². The number of nitrogens with one attached hydrogen (secondary N) is 1. The van der Waals surface area contributed by atoms with E-state index in [0.29, 0.717) is 15.1 Å². The molecule has 0 bridgehead atoms. The van der Waals surface area contributed by atoms with Crippen molar-refractivity contribution in [2.45, 2.75) is 0 Å². The third-order valence-corrected chi connectivity index (χ3v) is 4.45. The van der Waals surface area contributed by atoms with Gasteiger partial charge in [0, 0.05) is 25.4 Å². The minimum atomic E-state index is -0.560. The molecule has 0 aliphatic rings. The van der Waals surface area contributed by atoms with Crippen molar-refractivity contribution in [2.24, 2.45) is 7.05 Å². The molecule has 0 radical (unpaired) electrons. The number of aromatic nitrogens is 2. The maximum absolute atomic E-state index is 12.5. The Hall–Kier alpha value is -3.15. The molecule has 2 aromatic carbocycles. The predicted octanol–water partition coefficient (Wildman–Crippen LogP) is 3.99. The predicted molar refractivity (Wildman–Crippen MR) is 110 cm³/mol. The number of nitro groups is 1. The van der Waals surface area contributed by atoms with Crippen molar-refractivity contribution in [3.05, 3.63) is 68.0 Å². The third kappa shape index (κ3) is 4.39. The number of methoxy groups -OCH3 is 1. The van der Waals surface area contributed by atoms with Crippen LogP contribution in [0.2, 0.25) is 0 Å². The standard InChI is InChI=1S/C18H15IN4O5/c1-22-10-14(19)17(21-22)18(24)20-11-7-12(23(25)26)9-13(8-11)28-16-6-4-3-5-15(16)27-2/h3-10H,1-2H3,(H,20,24). The van der Waals surface area contributed by atoms with Crippen LogP contribution in [0.5, 0.6) is 17.2 Å². The fourth-order valence-electron chi connectivity index (χ4n) is 2.45. The van der Waals surface area contributed by atoms with Gasteiger partial charge in [-0.2, -0.15) is 5.10 Å². The number of amides is 1. The summed E-state index contributed by atoms with van der Waals surface area (Å²) in [5, 5.41) is 18.0. The quantitative estimate of drug-likeness (QED) is 0.316. The summed E-state index contributed by atoms with van der Waals surface area (Å²) in [7, 11) is 3.20. The fourth-order valence-corrected chi connectivity index (χ4v) is 3.21. The summed E-state index contributed by atoms with van der Waals surface area (Å²) in [6, 6.07) is 10.9. The number of hydrogen-bond acceptors (Lipinski definition) is 6. The van der Waals surface area contributed by atoms with Crippen molar-refractivity contribution in [3.63, 3.8) is 0 Å². The molecule has 28 heavy (non-hydrogen) atoms. The molecule has 3 aromatic rings. The largest absolute Gasteiger partial charge is 0.493 e. The Morgan fingerprint density at radius 3 is 2.57 bits per heavy atom. The highest BCUT2D eigenvalue weighted by Gasteiger charge is 2.18. The first-order chi connectivity index (χ1) is 13.4. The molecule has 0 spiro atoms. The number of nitrogens with zero attached hydrogens (tertiary/aromatic N) is 3. The molecule has 0 saturated heterocycles. The van der Waals surface area contributed by atoms with Gasteiger partial charge in [-0.3, -0.25) is 19.6 Å². The van der Waals surface area contributed by atoms with Crippen LogP contribution in [0.25, 0.3) is 0 Å². The first kappa shape index (κ1) is 19.6. The van der Waals surface area contributed by atoms with Crippen LogP contribution < -0.4 is 14.8 Å². The lowest BCUT2D eigenvalue weighted by molar-refractivity contribution is -0.384. The molecule has 0 aliphatic heterocycles. The molecule has 0 unspecified atom stereocenters. The van der Waals surface area contributed by atoms with Gasteiger partial charge in [0.1, 0.15) is 5.75 Å². The van der Waals surface area contributed by atoms with Gasteiger partial charge in [-0.25, -0.2) is 0 Å². The molecule has 1 amide bonds. The van der Waals surface area contributed by atoms with E-state index in [1.165, 1.54) is 30.0 Å². The van der Waals surface area contributed by atoms with Gasteiger partial charge < -0.3 is 14.8 Å². The van der Waals surface area contributed by atoms with Crippen LogP contribution in [-0.2, 0) is 7.05 Å². The van der Waals surface area contributed by atoms with E-state index in [0.717, 1.165) is 0 Å². The monoisotopic (exact) mass is 494 g/mol. The van der Waals surface area contributed by atoms with E-state index in [1.807, 2.05) is 22.6 Å². The van der Waals surface area contributed by atoms with Gasteiger partial charge in [0.25, 0.3) is 11.6 Å². The van der Waals surface area contributed by atoms with Gasteiger partial charge in [-0.1, -0.05) is 12.1 Å². The van der Waals surface area contributed by atoms with E-state index in [-0.39, 0.29) is 22.8 Å². The second-order valence-electron chi connectivity index (χ2n) is 5.68. The van der Waals surface area contributed by atoms with E-state index in [4.69, 9.17) is 9.47 Å². The van der Waals surface area contributed by atoms with Crippen LogP contribution in [-0.4, -0.2) is 27.7 Å². The minimum Gasteiger partial charge on any atom is -0.493 e. The summed E-state index contributed by atoms with van der Waals surface area (Å²) in [5.41, 5.74) is 0.214. The van der Waals surface area contributed by atoms with Crippen molar-refractivity contribution in [2.75, 3.05) is 12.4 Å². The summed E-state index contributed by atoms with van der Waals surface area (Å²) in [6.45, 7) is 0. The molecule has 10 heteroatoms. The SMILES string of the molecule is COc1ccccc1Oc1cc(NC(=O)c2nn(C)cc2I)cc([N+](=O)[O-])c1. The summed E-state index contributed by atoms with van der Waals surface area (Å²) in [5.74, 6) is 0.572.